The van der Waals surface area contributed by atoms with E-state index in [0.29, 0.717) is 22.9 Å². The molecule has 2 aromatic carbocycles. The van der Waals surface area contributed by atoms with Crippen LogP contribution in [0.5, 0.6) is 11.5 Å². The van der Waals surface area contributed by atoms with E-state index in [1.165, 1.54) is 31.0 Å². The zero-order valence-corrected chi connectivity index (χ0v) is 18.3. The smallest absolute Gasteiger partial charge is 0.323 e. The number of anilines is 3. The number of urea groups is 1. The van der Waals surface area contributed by atoms with Crippen molar-refractivity contribution < 1.29 is 13.9 Å². The molecule has 1 aliphatic rings. The number of H-pyrrole nitrogens is 1. The Morgan fingerprint density at radius 2 is 1.88 bits per heavy atom. The van der Waals surface area contributed by atoms with E-state index in [-0.39, 0.29) is 5.69 Å². The Kier molecular flexibility index (Phi) is 6.07. The maximum absolute atomic E-state index is 14.4. The Hall–Kier alpha value is -4.40. The summed E-state index contributed by atoms with van der Waals surface area (Å²) in [6.45, 7) is 2.02. The summed E-state index contributed by atoms with van der Waals surface area (Å²) in [6, 6.07) is 14.7. The number of carbonyl (C=O) groups excluding carboxylic acids is 1. The first-order chi connectivity index (χ1) is 16.6. The summed E-state index contributed by atoms with van der Waals surface area (Å²) in [6.07, 6.45) is 7.33. The molecule has 4 aromatic rings. The summed E-state index contributed by atoms with van der Waals surface area (Å²) in [5, 5.41) is 12.0. The molecule has 2 aromatic heterocycles. The molecular formula is C25H23FN6O2. The molecule has 34 heavy (non-hydrogen) atoms. The van der Waals surface area contributed by atoms with Crippen molar-refractivity contribution in [3.63, 3.8) is 0 Å². The largest absolute Gasteiger partial charge is 0.457 e. The van der Waals surface area contributed by atoms with Crippen molar-refractivity contribution in [1.82, 2.24) is 15.2 Å². The topological polar surface area (TPSA) is 95.2 Å². The van der Waals surface area contributed by atoms with Gasteiger partial charge in [-0.1, -0.05) is 6.07 Å². The highest BCUT2D eigenvalue weighted by Crippen LogP contribution is 2.29. The maximum atomic E-state index is 14.4. The van der Waals surface area contributed by atoms with Crippen LogP contribution in [0.2, 0.25) is 0 Å². The molecule has 0 bridgehead atoms. The van der Waals surface area contributed by atoms with Crippen LogP contribution in [-0.2, 0) is 0 Å². The van der Waals surface area contributed by atoms with E-state index in [1.807, 2.05) is 18.2 Å². The van der Waals surface area contributed by atoms with E-state index in [2.05, 4.69) is 30.7 Å². The average molecular weight is 458 g/mol. The normalized spacial score (nSPS) is 13.0. The zero-order chi connectivity index (χ0) is 23.3. The minimum absolute atomic E-state index is 0.00908. The molecule has 1 fully saturated rings. The van der Waals surface area contributed by atoms with Gasteiger partial charge in [-0.2, -0.15) is 5.10 Å². The van der Waals surface area contributed by atoms with Gasteiger partial charge in [0.15, 0.2) is 0 Å². The van der Waals surface area contributed by atoms with Crippen LogP contribution in [0.1, 0.15) is 12.8 Å². The fourth-order valence-corrected chi connectivity index (χ4v) is 3.86. The molecule has 0 aliphatic carbocycles. The fraction of sp³-hybridized carbons (Fsp3) is 0.160. The van der Waals surface area contributed by atoms with E-state index in [4.69, 9.17) is 4.74 Å². The number of aromatic amines is 1. The van der Waals surface area contributed by atoms with Crippen molar-refractivity contribution in [2.75, 3.05) is 28.6 Å². The van der Waals surface area contributed by atoms with Crippen molar-refractivity contribution in [2.45, 2.75) is 12.8 Å². The van der Waals surface area contributed by atoms with E-state index in [9.17, 15) is 9.18 Å². The monoisotopic (exact) mass is 458 g/mol. The molecule has 0 radical (unpaired) electrons. The number of halogens is 1. The maximum Gasteiger partial charge on any atom is 0.323 e. The molecular weight excluding hydrogens is 435 g/mol. The Labute approximate surface area is 195 Å². The first-order valence-corrected chi connectivity index (χ1v) is 11.0. The predicted octanol–water partition coefficient (Wildman–Crippen LogP) is 5.65. The number of carbonyl (C=O) groups is 1. The van der Waals surface area contributed by atoms with Gasteiger partial charge < -0.3 is 20.3 Å². The number of benzene rings is 2. The van der Waals surface area contributed by atoms with Crippen LogP contribution in [0.3, 0.4) is 0 Å². The fourth-order valence-electron chi connectivity index (χ4n) is 3.86. The van der Waals surface area contributed by atoms with Gasteiger partial charge in [-0.3, -0.25) is 10.1 Å². The van der Waals surface area contributed by atoms with Crippen LogP contribution in [-0.4, -0.2) is 34.3 Å². The van der Waals surface area contributed by atoms with E-state index < -0.39 is 11.8 Å². The highest BCUT2D eigenvalue weighted by molar-refractivity contribution is 6.00. The SMILES string of the molecule is O=C(Nc1cccc(N2CCCC2)c1)Nc1cc(Oc2ccnc(-c3cn[nH]c3)c2)ccc1F. The van der Waals surface area contributed by atoms with Gasteiger partial charge in [0.2, 0.25) is 0 Å². The van der Waals surface area contributed by atoms with Gasteiger partial charge in [0.1, 0.15) is 17.3 Å². The third-order valence-corrected chi connectivity index (χ3v) is 5.52. The summed E-state index contributed by atoms with van der Waals surface area (Å²) in [5.41, 5.74) is 3.21. The van der Waals surface area contributed by atoms with Crippen LogP contribution >= 0.6 is 0 Å². The molecule has 0 saturated carbocycles. The van der Waals surface area contributed by atoms with E-state index in [1.54, 1.807) is 36.8 Å². The minimum Gasteiger partial charge on any atom is -0.457 e. The molecule has 2 amide bonds. The summed E-state index contributed by atoms with van der Waals surface area (Å²) < 4.78 is 20.3. The van der Waals surface area contributed by atoms with Crippen molar-refractivity contribution in [2.24, 2.45) is 0 Å². The molecule has 3 N–H and O–H groups in total. The first kappa shape index (κ1) is 21.4. The van der Waals surface area contributed by atoms with Crippen LogP contribution in [0.4, 0.5) is 26.2 Å². The number of nitrogens with zero attached hydrogens (tertiary/aromatic N) is 3. The number of pyridine rings is 1. The Bertz CT molecular complexity index is 1290. The lowest BCUT2D eigenvalue weighted by atomic mass is 10.2. The van der Waals surface area contributed by atoms with Gasteiger partial charge in [-0.15, -0.1) is 0 Å². The highest BCUT2D eigenvalue weighted by Gasteiger charge is 2.14. The first-order valence-electron chi connectivity index (χ1n) is 11.0. The number of nitrogens with one attached hydrogen (secondary N) is 3. The zero-order valence-electron chi connectivity index (χ0n) is 18.3. The molecule has 1 aliphatic heterocycles. The minimum atomic E-state index is -0.567. The average Bonchev–Trinajstić information content (AvgIpc) is 3.56. The summed E-state index contributed by atoms with van der Waals surface area (Å²) in [5.74, 6) is 0.325. The van der Waals surface area contributed by atoms with Crippen LogP contribution in [0.25, 0.3) is 11.3 Å². The number of rotatable bonds is 6. The van der Waals surface area contributed by atoms with Gasteiger partial charge in [-0.25, -0.2) is 9.18 Å². The quantitative estimate of drug-likeness (QED) is 0.347. The van der Waals surface area contributed by atoms with Gasteiger partial charge in [0.05, 0.1) is 17.6 Å². The second kappa shape index (κ2) is 9.62. The number of ether oxygens (including phenoxy) is 1. The third kappa shape index (κ3) is 4.98. The molecule has 5 rings (SSSR count). The Balaban J connectivity index is 1.26. The predicted molar refractivity (Wildman–Crippen MR) is 129 cm³/mol. The number of aromatic nitrogens is 3. The second-order valence-corrected chi connectivity index (χ2v) is 7.93. The van der Waals surface area contributed by atoms with Gasteiger partial charge in [0, 0.05) is 54.6 Å². The van der Waals surface area contributed by atoms with E-state index in [0.717, 1.165) is 24.3 Å². The van der Waals surface area contributed by atoms with Crippen molar-refractivity contribution >= 4 is 23.1 Å². The van der Waals surface area contributed by atoms with Crippen LogP contribution < -0.4 is 20.3 Å². The second-order valence-electron chi connectivity index (χ2n) is 7.93. The molecule has 9 heteroatoms. The molecule has 172 valence electrons. The molecule has 0 unspecified atom stereocenters. The highest BCUT2D eigenvalue weighted by atomic mass is 19.1. The Morgan fingerprint density at radius 1 is 1.03 bits per heavy atom. The van der Waals surface area contributed by atoms with Crippen LogP contribution in [0, 0.1) is 5.82 Å². The molecule has 0 atom stereocenters. The molecule has 8 nitrogen and oxygen atoms in total. The van der Waals surface area contributed by atoms with Crippen molar-refractivity contribution in [1.29, 1.82) is 0 Å². The van der Waals surface area contributed by atoms with Gasteiger partial charge in [0.25, 0.3) is 0 Å². The summed E-state index contributed by atoms with van der Waals surface area (Å²) in [4.78, 5) is 19.1. The standard InChI is InChI=1S/C25H23FN6O2/c26-22-7-6-20(34-21-8-9-27-23(13-21)17-15-28-29-16-17)14-24(22)31-25(33)30-18-4-3-5-19(12-18)32-10-1-2-11-32/h3-9,12-16H,1-2,10-11H2,(H,28,29)(H2,30,31,33). The van der Waals surface area contributed by atoms with Crippen molar-refractivity contribution in [3.05, 3.63) is 79.0 Å². The lowest BCUT2D eigenvalue weighted by molar-refractivity contribution is 0.262. The number of hydrogen-bond acceptors (Lipinski definition) is 5. The number of amides is 2. The summed E-state index contributed by atoms with van der Waals surface area (Å²) >= 11 is 0. The van der Waals surface area contributed by atoms with Gasteiger partial charge >= 0.3 is 6.03 Å². The molecule has 1 saturated heterocycles. The van der Waals surface area contributed by atoms with E-state index >= 15 is 0 Å². The third-order valence-electron chi connectivity index (χ3n) is 5.52. The van der Waals surface area contributed by atoms with Crippen LogP contribution in [0.15, 0.2) is 73.2 Å². The molecule has 0 spiro atoms. The Morgan fingerprint density at radius 3 is 2.71 bits per heavy atom. The lowest BCUT2D eigenvalue weighted by Gasteiger charge is -2.18. The van der Waals surface area contributed by atoms with Gasteiger partial charge in [-0.05, 0) is 49.2 Å². The summed E-state index contributed by atoms with van der Waals surface area (Å²) in [7, 11) is 0. The van der Waals surface area contributed by atoms with Crippen molar-refractivity contribution in [3.8, 4) is 22.8 Å². The number of hydrogen-bond donors (Lipinski definition) is 3. The lowest BCUT2D eigenvalue weighted by Crippen LogP contribution is -2.21. The molecule has 3 heterocycles.